The average molecular weight is 192 g/mol. The Bertz CT molecular complexity index is 244. The van der Waals surface area contributed by atoms with E-state index in [1.54, 1.807) is 0 Å². The number of hydrogen-bond donors (Lipinski definition) is 1. The Labute approximate surface area is 73.8 Å². The zero-order valence-electron chi connectivity index (χ0n) is 5.13. The van der Waals surface area contributed by atoms with Gasteiger partial charge in [-0.15, -0.1) is 11.3 Å². The van der Waals surface area contributed by atoms with Crippen molar-refractivity contribution in [2.24, 2.45) is 5.73 Å². The lowest BCUT2D eigenvalue weighted by Crippen LogP contribution is -2.09. The van der Waals surface area contributed by atoms with E-state index in [9.17, 15) is 0 Å². The van der Waals surface area contributed by atoms with Crippen molar-refractivity contribution in [2.45, 2.75) is 6.42 Å². The highest BCUT2D eigenvalue weighted by molar-refractivity contribution is 7.80. The predicted octanol–water partition coefficient (Wildman–Crippen LogP) is 2.23. The van der Waals surface area contributed by atoms with Gasteiger partial charge in [-0.3, -0.25) is 0 Å². The van der Waals surface area contributed by atoms with Crippen LogP contribution in [0.1, 0.15) is 4.88 Å². The summed E-state index contributed by atoms with van der Waals surface area (Å²) in [6.07, 6.45) is 0.659. The van der Waals surface area contributed by atoms with Crippen molar-refractivity contribution in [2.75, 3.05) is 0 Å². The molecule has 0 fully saturated rings. The molecule has 0 radical (unpaired) electrons. The molecule has 1 aromatic rings. The largest absolute Gasteiger partial charge is 0.393 e. The Morgan fingerprint density at radius 1 is 1.70 bits per heavy atom. The highest BCUT2D eigenvalue weighted by Crippen LogP contribution is 2.21. The Morgan fingerprint density at radius 2 is 2.40 bits per heavy atom. The molecule has 0 bridgehead atoms. The van der Waals surface area contributed by atoms with Gasteiger partial charge in [-0.05, 0) is 12.1 Å². The van der Waals surface area contributed by atoms with E-state index >= 15 is 0 Å². The van der Waals surface area contributed by atoms with Gasteiger partial charge in [-0.1, -0.05) is 23.8 Å². The van der Waals surface area contributed by atoms with E-state index in [1.807, 2.05) is 12.1 Å². The van der Waals surface area contributed by atoms with Gasteiger partial charge in [0.05, 0.1) is 9.32 Å². The van der Waals surface area contributed by atoms with Crippen LogP contribution >= 0.6 is 35.2 Å². The maximum absolute atomic E-state index is 5.68. The molecule has 0 spiro atoms. The highest BCUT2D eigenvalue weighted by Gasteiger charge is 1.97. The molecule has 1 nitrogen and oxygen atoms in total. The van der Waals surface area contributed by atoms with Crippen molar-refractivity contribution in [3.63, 3.8) is 0 Å². The Kier molecular flexibility index (Phi) is 2.65. The van der Waals surface area contributed by atoms with Crippen LogP contribution in [0.15, 0.2) is 12.1 Å². The van der Waals surface area contributed by atoms with Crippen molar-refractivity contribution in [3.05, 3.63) is 21.3 Å². The minimum atomic E-state index is 0.513. The third-order valence-corrected chi connectivity index (χ3v) is 2.35. The van der Waals surface area contributed by atoms with Crippen molar-refractivity contribution in [1.82, 2.24) is 0 Å². The fraction of sp³-hybridized carbons (Fsp3) is 0.167. The molecule has 0 aliphatic heterocycles. The van der Waals surface area contributed by atoms with Crippen LogP contribution in [-0.2, 0) is 6.42 Å². The summed E-state index contributed by atoms with van der Waals surface area (Å²) >= 11 is 11.9. The second kappa shape index (κ2) is 3.32. The van der Waals surface area contributed by atoms with Crippen LogP contribution in [-0.4, -0.2) is 4.99 Å². The summed E-state index contributed by atoms with van der Waals surface area (Å²) in [4.78, 5) is 1.64. The predicted molar refractivity (Wildman–Crippen MR) is 49.8 cm³/mol. The minimum Gasteiger partial charge on any atom is -0.393 e. The molecule has 10 heavy (non-hydrogen) atoms. The van der Waals surface area contributed by atoms with E-state index in [0.29, 0.717) is 11.4 Å². The smallest absolute Gasteiger partial charge is 0.0931 e. The molecule has 0 saturated carbocycles. The molecule has 0 aromatic carbocycles. The first kappa shape index (κ1) is 7.98. The van der Waals surface area contributed by atoms with Gasteiger partial charge in [0.2, 0.25) is 0 Å². The molecule has 54 valence electrons. The third-order valence-electron chi connectivity index (χ3n) is 0.977. The zero-order valence-corrected chi connectivity index (χ0v) is 7.52. The lowest BCUT2D eigenvalue weighted by molar-refractivity contribution is 1.41. The summed E-state index contributed by atoms with van der Waals surface area (Å²) in [5, 5.41) is 0. The van der Waals surface area contributed by atoms with Gasteiger partial charge in [-0.2, -0.15) is 0 Å². The van der Waals surface area contributed by atoms with Crippen LogP contribution < -0.4 is 5.73 Å². The second-order valence-electron chi connectivity index (χ2n) is 1.85. The van der Waals surface area contributed by atoms with Crippen LogP contribution in [0.2, 0.25) is 4.34 Å². The Morgan fingerprint density at radius 3 is 2.80 bits per heavy atom. The monoisotopic (exact) mass is 191 g/mol. The van der Waals surface area contributed by atoms with Crippen LogP contribution in [0, 0.1) is 0 Å². The summed E-state index contributed by atoms with van der Waals surface area (Å²) in [5.74, 6) is 0. The van der Waals surface area contributed by atoms with Gasteiger partial charge in [0.1, 0.15) is 0 Å². The van der Waals surface area contributed by atoms with E-state index < -0.39 is 0 Å². The fourth-order valence-corrected chi connectivity index (χ4v) is 1.98. The Balaban J connectivity index is 2.67. The minimum absolute atomic E-state index is 0.513. The van der Waals surface area contributed by atoms with Crippen molar-refractivity contribution < 1.29 is 0 Å². The Hall–Kier alpha value is -0.120. The van der Waals surface area contributed by atoms with Gasteiger partial charge in [0, 0.05) is 11.3 Å². The molecule has 1 heterocycles. The zero-order chi connectivity index (χ0) is 7.56. The topological polar surface area (TPSA) is 26.0 Å². The quantitative estimate of drug-likeness (QED) is 0.726. The third kappa shape index (κ3) is 2.25. The molecule has 2 N–H and O–H groups in total. The van der Waals surface area contributed by atoms with Crippen LogP contribution in [0.4, 0.5) is 0 Å². The fourth-order valence-electron chi connectivity index (χ4n) is 0.618. The lowest BCUT2D eigenvalue weighted by Gasteiger charge is -1.90. The second-order valence-corrected chi connectivity index (χ2v) is 4.17. The molecular weight excluding hydrogens is 186 g/mol. The lowest BCUT2D eigenvalue weighted by atomic mass is 10.3. The number of hydrogen-bond acceptors (Lipinski definition) is 2. The maximum atomic E-state index is 5.68. The van der Waals surface area contributed by atoms with E-state index in [1.165, 1.54) is 11.3 Å². The first-order chi connectivity index (χ1) is 4.68. The molecular formula is C6H6ClNS2. The van der Waals surface area contributed by atoms with Crippen molar-refractivity contribution in [1.29, 1.82) is 0 Å². The van der Waals surface area contributed by atoms with Crippen LogP contribution in [0.5, 0.6) is 0 Å². The molecule has 0 atom stereocenters. The van der Waals surface area contributed by atoms with Gasteiger partial charge in [0.25, 0.3) is 0 Å². The van der Waals surface area contributed by atoms with Gasteiger partial charge in [0.15, 0.2) is 0 Å². The summed E-state index contributed by atoms with van der Waals surface area (Å²) in [6.45, 7) is 0. The number of nitrogens with two attached hydrogens (primary N) is 1. The molecule has 0 saturated heterocycles. The van der Waals surface area contributed by atoms with Gasteiger partial charge >= 0.3 is 0 Å². The van der Waals surface area contributed by atoms with Crippen LogP contribution in [0.3, 0.4) is 0 Å². The molecule has 0 unspecified atom stereocenters. The summed E-state index contributed by atoms with van der Waals surface area (Å²) in [6, 6.07) is 3.78. The highest BCUT2D eigenvalue weighted by atomic mass is 35.5. The summed E-state index contributed by atoms with van der Waals surface area (Å²) < 4.78 is 0.784. The van der Waals surface area contributed by atoms with Crippen LogP contribution in [0.25, 0.3) is 0 Å². The maximum Gasteiger partial charge on any atom is 0.0931 e. The van der Waals surface area contributed by atoms with E-state index in [2.05, 4.69) is 0 Å². The molecule has 0 aliphatic carbocycles. The standard InChI is InChI=1S/C6H6ClNS2/c7-5-2-1-4(10-5)3-6(8)9/h1-2H,3H2,(H2,8,9). The number of thiophene rings is 1. The average Bonchev–Trinajstić information content (AvgIpc) is 2.13. The summed E-state index contributed by atoms with van der Waals surface area (Å²) in [7, 11) is 0. The molecule has 1 rings (SSSR count). The van der Waals surface area contributed by atoms with Gasteiger partial charge < -0.3 is 5.73 Å². The molecule has 0 amide bonds. The number of thiocarbonyl (C=S) groups is 1. The molecule has 1 aromatic heterocycles. The molecule has 0 aliphatic rings. The normalized spacial score (nSPS) is 9.70. The van der Waals surface area contributed by atoms with E-state index in [4.69, 9.17) is 29.6 Å². The van der Waals surface area contributed by atoms with Crippen molar-refractivity contribution in [3.8, 4) is 0 Å². The van der Waals surface area contributed by atoms with E-state index in [0.717, 1.165) is 9.21 Å². The first-order valence-electron chi connectivity index (χ1n) is 2.71. The van der Waals surface area contributed by atoms with E-state index in [-0.39, 0.29) is 0 Å². The SMILES string of the molecule is NC(=S)Cc1ccc(Cl)s1. The van der Waals surface area contributed by atoms with Crippen molar-refractivity contribution >= 4 is 40.1 Å². The number of halogens is 1. The first-order valence-corrected chi connectivity index (χ1v) is 4.31. The summed E-state index contributed by atoms with van der Waals surface area (Å²) in [5.41, 5.74) is 5.33. The van der Waals surface area contributed by atoms with Gasteiger partial charge in [-0.25, -0.2) is 0 Å². The molecule has 4 heteroatoms. The number of rotatable bonds is 2.